The Morgan fingerprint density at radius 1 is 1.54 bits per heavy atom. The summed E-state index contributed by atoms with van der Waals surface area (Å²) >= 11 is 4.87. The maximum Gasteiger partial charge on any atom is 0.232 e. The molecule has 5 heteroatoms. The van der Waals surface area contributed by atoms with Crippen LogP contribution in [0.1, 0.15) is 0 Å². The predicted octanol–water partition coefficient (Wildman–Crippen LogP) is 1.22. The number of ether oxygens (including phenoxy) is 1. The fourth-order valence-corrected chi connectivity index (χ4v) is 1.74. The standard InChI is InChI=1S/C8H16BrNO2S/c1-12-6-5-10(4-3-9)8(11)7-13-2/h3-7H2,1-2H3. The largest absolute Gasteiger partial charge is 0.383 e. The van der Waals surface area contributed by atoms with Crippen molar-refractivity contribution < 1.29 is 9.53 Å². The van der Waals surface area contributed by atoms with E-state index in [1.165, 1.54) is 0 Å². The van der Waals surface area contributed by atoms with Crippen molar-refractivity contribution in [2.75, 3.05) is 44.1 Å². The van der Waals surface area contributed by atoms with E-state index in [9.17, 15) is 4.79 Å². The van der Waals surface area contributed by atoms with Crippen LogP contribution in [0.4, 0.5) is 0 Å². The molecule has 0 bridgehead atoms. The number of carbonyl (C=O) groups is 1. The van der Waals surface area contributed by atoms with Gasteiger partial charge in [0, 0.05) is 25.5 Å². The molecule has 3 nitrogen and oxygen atoms in total. The molecule has 0 spiro atoms. The Morgan fingerprint density at radius 2 is 2.23 bits per heavy atom. The molecular formula is C8H16BrNO2S. The molecule has 0 aliphatic carbocycles. The van der Waals surface area contributed by atoms with Crippen molar-refractivity contribution in [3.63, 3.8) is 0 Å². The second-order valence-corrected chi connectivity index (χ2v) is 4.15. The normalized spacial score (nSPS) is 10.1. The Bertz CT molecular complexity index is 146. The smallest absolute Gasteiger partial charge is 0.232 e. The van der Waals surface area contributed by atoms with Gasteiger partial charge in [0.05, 0.1) is 12.4 Å². The first kappa shape index (κ1) is 13.3. The van der Waals surface area contributed by atoms with Gasteiger partial charge in [0.2, 0.25) is 5.91 Å². The number of rotatable bonds is 7. The van der Waals surface area contributed by atoms with E-state index in [1.54, 1.807) is 18.9 Å². The fourth-order valence-electron chi connectivity index (χ4n) is 0.879. The van der Waals surface area contributed by atoms with Gasteiger partial charge in [-0.1, -0.05) is 15.9 Å². The molecule has 0 aromatic rings. The highest BCUT2D eigenvalue weighted by molar-refractivity contribution is 9.09. The fraction of sp³-hybridized carbons (Fsp3) is 0.875. The zero-order valence-corrected chi connectivity index (χ0v) is 10.5. The van der Waals surface area contributed by atoms with Gasteiger partial charge in [-0.05, 0) is 6.26 Å². The molecule has 0 fully saturated rings. The molecule has 0 aromatic heterocycles. The zero-order chi connectivity index (χ0) is 10.1. The summed E-state index contributed by atoms with van der Waals surface area (Å²) in [5.74, 6) is 0.737. The minimum absolute atomic E-state index is 0.184. The minimum atomic E-state index is 0.184. The van der Waals surface area contributed by atoms with E-state index in [2.05, 4.69) is 15.9 Å². The molecule has 78 valence electrons. The van der Waals surface area contributed by atoms with E-state index in [4.69, 9.17) is 4.74 Å². The summed E-state index contributed by atoms with van der Waals surface area (Å²) in [5, 5.41) is 0.816. The van der Waals surface area contributed by atoms with Crippen LogP contribution in [0.25, 0.3) is 0 Å². The number of alkyl halides is 1. The molecule has 0 saturated heterocycles. The van der Waals surface area contributed by atoms with Gasteiger partial charge in [0.25, 0.3) is 0 Å². The van der Waals surface area contributed by atoms with Gasteiger partial charge in [-0.25, -0.2) is 0 Å². The van der Waals surface area contributed by atoms with Crippen LogP contribution in [-0.4, -0.2) is 55.0 Å². The summed E-state index contributed by atoms with van der Waals surface area (Å²) in [5.41, 5.74) is 0. The first-order valence-corrected chi connectivity index (χ1v) is 6.59. The number of hydrogen-bond donors (Lipinski definition) is 0. The second-order valence-electron chi connectivity index (χ2n) is 2.50. The number of methoxy groups -OCH3 is 1. The topological polar surface area (TPSA) is 29.5 Å². The lowest BCUT2D eigenvalue weighted by molar-refractivity contribution is -0.128. The second kappa shape index (κ2) is 8.84. The van der Waals surface area contributed by atoms with E-state index in [0.29, 0.717) is 18.9 Å². The molecule has 0 atom stereocenters. The number of amides is 1. The lowest BCUT2D eigenvalue weighted by Crippen LogP contribution is -2.36. The SMILES string of the molecule is COCCN(CCBr)C(=O)CSC. The lowest BCUT2D eigenvalue weighted by Gasteiger charge is -2.20. The Morgan fingerprint density at radius 3 is 2.69 bits per heavy atom. The third kappa shape index (κ3) is 6.35. The van der Waals surface area contributed by atoms with Crippen molar-refractivity contribution in [3.8, 4) is 0 Å². The van der Waals surface area contributed by atoms with Gasteiger partial charge in [-0.3, -0.25) is 4.79 Å². The lowest BCUT2D eigenvalue weighted by atomic mass is 10.5. The maximum atomic E-state index is 11.5. The molecule has 0 radical (unpaired) electrons. The van der Waals surface area contributed by atoms with Crippen molar-refractivity contribution in [1.29, 1.82) is 0 Å². The van der Waals surface area contributed by atoms with Crippen molar-refractivity contribution in [1.82, 2.24) is 4.90 Å². The first-order chi connectivity index (χ1) is 6.26. The number of carbonyl (C=O) groups excluding carboxylic acids is 1. The Kier molecular flexibility index (Phi) is 9.02. The van der Waals surface area contributed by atoms with Crippen LogP contribution in [-0.2, 0) is 9.53 Å². The third-order valence-corrected chi connectivity index (χ3v) is 2.43. The summed E-state index contributed by atoms with van der Waals surface area (Å²) in [7, 11) is 1.64. The van der Waals surface area contributed by atoms with E-state index in [0.717, 1.165) is 11.9 Å². The average Bonchev–Trinajstić information content (AvgIpc) is 2.12. The highest BCUT2D eigenvalue weighted by atomic mass is 79.9. The van der Waals surface area contributed by atoms with Crippen LogP contribution < -0.4 is 0 Å². The van der Waals surface area contributed by atoms with Crippen molar-refractivity contribution in [2.45, 2.75) is 0 Å². The van der Waals surface area contributed by atoms with Crippen molar-refractivity contribution >= 4 is 33.6 Å². The Hall–Kier alpha value is 0.260. The molecule has 0 heterocycles. The maximum absolute atomic E-state index is 11.5. The summed E-state index contributed by atoms with van der Waals surface area (Å²) in [6, 6.07) is 0. The van der Waals surface area contributed by atoms with Crippen LogP contribution in [0, 0.1) is 0 Å². The van der Waals surface area contributed by atoms with E-state index < -0.39 is 0 Å². The van der Waals surface area contributed by atoms with Gasteiger partial charge in [-0.15, -0.1) is 0 Å². The molecule has 0 aliphatic heterocycles. The molecule has 0 aliphatic rings. The van der Waals surface area contributed by atoms with E-state index in [-0.39, 0.29) is 5.91 Å². The van der Waals surface area contributed by atoms with Gasteiger partial charge in [-0.2, -0.15) is 11.8 Å². The number of hydrogen-bond acceptors (Lipinski definition) is 3. The van der Waals surface area contributed by atoms with E-state index >= 15 is 0 Å². The van der Waals surface area contributed by atoms with Crippen LogP contribution in [0.5, 0.6) is 0 Å². The molecule has 0 aromatic carbocycles. The highest BCUT2D eigenvalue weighted by Crippen LogP contribution is 1.99. The monoisotopic (exact) mass is 269 g/mol. The van der Waals surface area contributed by atoms with Crippen LogP contribution in [0.3, 0.4) is 0 Å². The summed E-state index contributed by atoms with van der Waals surface area (Å²) in [6.07, 6.45) is 1.93. The van der Waals surface area contributed by atoms with Crippen molar-refractivity contribution in [2.24, 2.45) is 0 Å². The number of thioether (sulfide) groups is 1. The minimum Gasteiger partial charge on any atom is -0.383 e. The molecule has 0 rings (SSSR count). The van der Waals surface area contributed by atoms with Gasteiger partial charge in [0.1, 0.15) is 0 Å². The van der Waals surface area contributed by atoms with Crippen LogP contribution in [0.15, 0.2) is 0 Å². The third-order valence-electron chi connectivity index (χ3n) is 1.54. The summed E-state index contributed by atoms with van der Waals surface area (Å²) in [6.45, 7) is 2.04. The molecular weight excluding hydrogens is 254 g/mol. The summed E-state index contributed by atoms with van der Waals surface area (Å²) in [4.78, 5) is 13.3. The highest BCUT2D eigenvalue weighted by Gasteiger charge is 2.10. The molecule has 1 amide bonds. The van der Waals surface area contributed by atoms with E-state index in [1.807, 2.05) is 11.2 Å². The molecule has 13 heavy (non-hydrogen) atoms. The number of nitrogens with zero attached hydrogens (tertiary/aromatic N) is 1. The van der Waals surface area contributed by atoms with Crippen LogP contribution >= 0.6 is 27.7 Å². The molecule has 0 unspecified atom stereocenters. The quantitative estimate of drug-likeness (QED) is 0.651. The van der Waals surface area contributed by atoms with Gasteiger partial charge in [0.15, 0.2) is 0 Å². The van der Waals surface area contributed by atoms with Gasteiger partial charge < -0.3 is 9.64 Å². The van der Waals surface area contributed by atoms with Crippen LogP contribution in [0.2, 0.25) is 0 Å². The Labute approximate surface area is 92.3 Å². The zero-order valence-electron chi connectivity index (χ0n) is 8.09. The van der Waals surface area contributed by atoms with Gasteiger partial charge >= 0.3 is 0 Å². The molecule has 0 N–H and O–H groups in total. The number of halogens is 1. The Balaban J connectivity index is 3.83. The average molecular weight is 270 g/mol. The van der Waals surface area contributed by atoms with Crippen molar-refractivity contribution in [3.05, 3.63) is 0 Å². The molecule has 0 saturated carbocycles. The predicted molar refractivity (Wildman–Crippen MR) is 60.6 cm³/mol. The first-order valence-electron chi connectivity index (χ1n) is 4.07. The summed E-state index contributed by atoms with van der Waals surface area (Å²) < 4.78 is 4.93.